The van der Waals surface area contributed by atoms with Crippen molar-refractivity contribution >= 4 is 18.3 Å². The van der Waals surface area contributed by atoms with Crippen molar-refractivity contribution < 1.29 is 9.53 Å². The van der Waals surface area contributed by atoms with Crippen molar-refractivity contribution in [1.29, 1.82) is 0 Å². The van der Waals surface area contributed by atoms with E-state index in [2.05, 4.69) is 11.9 Å². The fourth-order valence-electron chi connectivity index (χ4n) is 0.890. The summed E-state index contributed by atoms with van der Waals surface area (Å²) in [5.41, 5.74) is 5.13. The number of carbonyl (C=O) groups is 1. The minimum atomic E-state index is -0.448. The van der Waals surface area contributed by atoms with Crippen LogP contribution in [0.25, 0.3) is 0 Å². The molecule has 1 unspecified atom stereocenters. The normalized spacial score (nSPS) is 12.5. The lowest BCUT2D eigenvalue weighted by molar-refractivity contribution is -0.133. The molecule has 5 heteroatoms. The van der Waals surface area contributed by atoms with Crippen LogP contribution in [0.4, 0.5) is 0 Å². The lowest BCUT2D eigenvalue weighted by Gasteiger charge is -2.26. The fraction of sp³-hybridized carbons (Fsp3) is 0.727. The molecule has 0 spiro atoms. The molecule has 0 aliphatic carbocycles. The van der Waals surface area contributed by atoms with Crippen molar-refractivity contribution in [1.82, 2.24) is 5.32 Å². The number of nitrogens with one attached hydrogen (secondary N) is 1. The van der Waals surface area contributed by atoms with Gasteiger partial charge < -0.3 is 15.8 Å². The molecule has 96 valence electrons. The largest absolute Gasteiger partial charge is 0.368 e. The molecule has 0 saturated heterocycles. The lowest BCUT2D eigenvalue weighted by Crippen LogP contribution is -2.52. The highest BCUT2D eigenvalue weighted by atomic mass is 35.5. The molecule has 0 aliphatic rings. The third kappa shape index (κ3) is 7.68. The van der Waals surface area contributed by atoms with E-state index in [9.17, 15) is 4.79 Å². The van der Waals surface area contributed by atoms with Gasteiger partial charge in [0.1, 0.15) is 6.10 Å². The standard InChI is InChI=1S/C11H22N2O2.ClH/c1-5-6-7-15-9(2)10(14)13-11(3,4)8-12;/h5,9H,1,6-8,12H2,2-4H3,(H,13,14);1H. The van der Waals surface area contributed by atoms with Gasteiger partial charge >= 0.3 is 0 Å². The lowest BCUT2D eigenvalue weighted by atomic mass is 10.1. The Hall–Kier alpha value is -0.580. The summed E-state index contributed by atoms with van der Waals surface area (Å²) in [4.78, 5) is 11.6. The van der Waals surface area contributed by atoms with Crippen LogP contribution in [-0.4, -0.2) is 30.7 Å². The van der Waals surface area contributed by atoms with E-state index in [1.54, 1.807) is 13.0 Å². The smallest absolute Gasteiger partial charge is 0.249 e. The zero-order valence-corrected chi connectivity index (χ0v) is 11.1. The molecule has 1 atom stereocenters. The van der Waals surface area contributed by atoms with Crippen molar-refractivity contribution in [2.45, 2.75) is 38.8 Å². The van der Waals surface area contributed by atoms with E-state index in [1.807, 2.05) is 13.8 Å². The van der Waals surface area contributed by atoms with Gasteiger partial charge in [-0.1, -0.05) is 6.08 Å². The van der Waals surface area contributed by atoms with Crippen LogP contribution < -0.4 is 11.1 Å². The zero-order chi connectivity index (χ0) is 11.9. The molecule has 0 aliphatic heterocycles. The van der Waals surface area contributed by atoms with Crippen molar-refractivity contribution in [2.75, 3.05) is 13.2 Å². The van der Waals surface area contributed by atoms with Gasteiger partial charge in [0.05, 0.1) is 6.61 Å². The number of carbonyl (C=O) groups excluding carboxylic acids is 1. The molecule has 1 amide bonds. The second-order valence-corrected chi connectivity index (χ2v) is 4.17. The number of hydrogen-bond donors (Lipinski definition) is 2. The third-order valence-corrected chi connectivity index (χ3v) is 2.03. The summed E-state index contributed by atoms with van der Waals surface area (Å²) >= 11 is 0. The SMILES string of the molecule is C=CCCOC(C)C(=O)NC(C)(C)CN.Cl. The summed E-state index contributed by atoms with van der Waals surface area (Å²) in [6, 6.07) is 0. The monoisotopic (exact) mass is 250 g/mol. The molecule has 0 heterocycles. The van der Waals surface area contributed by atoms with Crippen LogP contribution in [0.3, 0.4) is 0 Å². The summed E-state index contributed by atoms with van der Waals surface area (Å²) in [7, 11) is 0. The topological polar surface area (TPSA) is 64.3 Å². The molecule has 3 N–H and O–H groups in total. The van der Waals surface area contributed by atoms with Crippen LogP contribution in [0, 0.1) is 0 Å². The Morgan fingerprint density at radius 1 is 1.62 bits per heavy atom. The van der Waals surface area contributed by atoms with Crippen LogP contribution in [-0.2, 0) is 9.53 Å². The average molecular weight is 251 g/mol. The van der Waals surface area contributed by atoms with Gasteiger partial charge in [-0.05, 0) is 27.2 Å². The molecule has 0 aromatic heterocycles. The summed E-state index contributed by atoms with van der Waals surface area (Å²) in [6.07, 6.45) is 2.06. The number of halogens is 1. The maximum Gasteiger partial charge on any atom is 0.249 e. The van der Waals surface area contributed by atoms with Gasteiger partial charge in [-0.3, -0.25) is 4.79 Å². The first-order valence-electron chi connectivity index (χ1n) is 5.17. The molecule has 0 aromatic carbocycles. The Kier molecular flexibility index (Phi) is 9.52. The van der Waals surface area contributed by atoms with Crippen molar-refractivity contribution in [2.24, 2.45) is 5.73 Å². The number of amides is 1. The Morgan fingerprint density at radius 3 is 2.62 bits per heavy atom. The first kappa shape index (κ1) is 17.8. The highest BCUT2D eigenvalue weighted by Gasteiger charge is 2.22. The van der Waals surface area contributed by atoms with Gasteiger partial charge in [0, 0.05) is 12.1 Å². The summed E-state index contributed by atoms with van der Waals surface area (Å²) in [6.45, 7) is 9.97. The number of nitrogens with two attached hydrogens (primary N) is 1. The number of hydrogen-bond acceptors (Lipinski definition) is 3. The van der Waals surface area contributed by atoms with Gasteiger partial charge in [-0.25, -0.2) is 0 Å². The zero-order valence-electron chi connectivity index (χ0n) is 10.3. The Morgan fingerprint density at radius 2 is 2.19 bits per heavy atom. The average Bonchev–Trinajstić information content (AvgIpc) is 2.17. The van der Waals surface area contributed by atoms with Crippen LogP contribution in [0.1, 0.15) is 27.2 Å². The van der Waals surface area contributed by atoms with E-state index in [-0.39, 0.29) is 23.9 Å². The predicted molar refractivity (Wildman–Crippen MR) is 68.8 cm³/mol. The van der Waals surface area contributed by atoms with E-state index in [4.69, 9.17) is 10.5 Å². The van der Waals surface area contributed by atoms with Crippen LogP contribution >= 0.6 is 12.4 Å². The summed E-state index contributed by atoms with van der Waals surface area (Å²) < 4.78 is 5.31. The van der Waals surface area contributed by atoms with Gasteiger partial charge in [-0.2, -0.15) is 0 Å². The molecule has 0 saturated carbocycles. The summed E-state index contributed by atoms with van der Waals surface area (Å²) in [5, 5.41) is 2.82. The van der Waals surface area contributed by atoms with E-state index in [0.717, 1.165) is 6.42 Å². The Labute approximate surface area is 104 Å². The second-order valence-electron chi connectivity index (χ2n) is 4.17. The molecule has 0 aromatic rings. The minimum absolute atomic E-state index is 0. The van der Waals surface area contributed by atoms with Gasteiger partial charge in [-0.15, -0.1) is 19.0 Å². The van der Waals surface area contributed by atoms with E-state index in [1.165, 1.54) is 0 Å². The first-order chi connectivity index (χ1) is 6.93. The van der Waals surface area contributed by atoms with E-state index in [0.29, 0.717) is 13.2 Å². The number of ether oxygens (including phenoxy) is 1. The Balaban J connectivity index is 0. The molecule has 0 rings (SSSR count). The highest BCUT2D eigenvalue weighted by Crippen LogP contribution is 2.01. The van der Waals surface area contributed by atoms with Crippen molar-refractivity contribution in [3.8, 4) is 0 Å². The maximum atomic E-state index is 11.6. The molecule has 0 radical (unpaired) electrons. The van der Waals surface area contributed by atoms with Crippen molar-refractivity contribution in [3.63, 3.8) is 0 Å². The Bertz CT molecular complexity index is 220. The van der Waals surface area contributed by atoms with E-state index >= 15 is 0 Å². The third-order valence-electron chi connectivity index (χ3n) is 2.03. The second kappa shape index (κ2) is 8.56. The van der Waals surface area contributed by atoms with Crippen LogP contribution in [0.15, 0.2) is 12.7 Å². The van der Waals surface area contributed by atoms with Crippen LogP contribution in [0.5, 0.6) is 0 Å². The molecule has 4 nitrogen and oxygen atoms in total. The molecular formula is C11H23ClN2O2. The molecular weight excluding hydrogens is 228 g/mol. The summed E-state index contributed by atoms with van der Waals surface area (Å²) in [5.74, 6) is -0.130. The molecule has 0 fully saturated rings. The van der Waals surface area contributed by atoms with Crippen LogP contribution in [0.2, 0.25) is 0 Å². The number of rotatable bonds is 7. The molecule has 16 heavy (non-hydrogen) atoms. The quantitative estimate of drug-likeness (QED) is 0.528. The highest BCUT2D eigenvalue weighted by molar-refractivity contribution is 5.85. The van der Waals surface area contributed by atoms with E-state index < -0.39 is 6.10 Å². The fourth-order valence-corrected chi connectivity index (χ4v) is 0.890. The first-order valence-corrected chi connectivity index (χ1v) is 5.17. The predicted octanol–water partition coefficient (Wildman–Crippen LogP) is 1.24. The molecule has 0 bridgehead atoms. The van der Waals surface area contributed by atoms with Gasteiger partial charge in [0.2, 0.25) is 5.91 Å². The maximum absolute atomic E-state index is 11.6. The van der Waals surface area contributed by atoms with Gasteiger partial charge in [0.25, 0.3) is 0 Å². The van der Waals surface area contributed by atoms with Crippen molar-refractivity contribution in [3.05, 3.63) is 12.7 Å². The minimum Gasteiger partial charge on any atom is -0.368 e. The van der Waals surface area contributed by atoms with Gasteiger partial charge in [0.15, 0.2) is 0 Å².